The molecule has 0 aromatic carbocycles. The monoisotopic (exact) mass is 235 g/mol. The average molecular weight is 235 g/mol. The molecule has 1 saturated carbocycles. The van der Waals surface area contributed by atoms with Crippen LogP contribution in [0.15, 0.2) is 18.6 Å². The topological polar surface area (TPSA) is 75.1 Å². The molecular weight excluding hydrogens is 218 g/mol. The summed E-state index contributed by atoms with van der Waals surface area (Å²) in [5, 5.41) is 12.7. The zero-order valence-electron chi connectivity index (χ0n) is 9.67. The van der Waals surface area contributed by atoms with Gasteiger partial charge in [0.2, 0.25) is 0 Å². The summed E-state index contributed by atoms with van der Waals surface area (Å²) in [6.45, 7) is 0. The van der Waals surface area contributed by atoms with Gasteiger partial charge in [-0.1, -0.05) is 19.3 Å². The number of carbonyl (C=O) groups is 1. The van der Waals surface area contributed by atoms with Crippen LogP contribution >= 0.6 is 0 Å². The summed E-state index contributed by atoms with van der Waals surface area (Å²) in [4.78, 5) is 19.6. The fourth-order valence-corrected chi connectivity index (χ4v) is 2.12. The Labute approximate surface area is 100 Å². The molecular formula is C12H17N3O2. The molecule has 1 aliphatic rings. The lowest BCUT2D eigenvalue weighted by Crippen LogP contribution is -2.42. The van der Waals surface area contributed by atoms with Gasteiger partial charge < -0.3 is 10.4 Å². The molecule has 2 unspecified atom stereocenters. The van der Waals surface area contributed by atoms with Gasteiger partial charge in [-0.2, -0.15) is 0 Å². The van der Waals surface area contributed by atoms with Gasteiger partial charge in [0.25, 0.3) is 5.91 Å². The Hall–Kier alpha value is -1.49. The number of aliphatic hydroxyl groups excluding tert-OH is 1. The van der Waals surface area contributed by atoms with E-state index in [0.29, 0.717) is 5.69 Å². The molecule has 0 bridgehead atoms. The smallest absolute Gasteiger partial charge is 0.271 e. The highest BCUT2D eigenvalue weighted by Gasteiger charge is 2.23. The van der Waals surface area contributed by atoms with Crippen molar-refractivity contribution in [2.24, 2.45) is 0 Å². The standard InChI is InChI=1S/C12H17N3O2/c16-11-5-3-1-2-4-9(11)15-12(17)10-8-13-6-7-14-10/h6-9,11,16H,1-5H2,(H,15,17). The number of rotatable bonds is 2. The van der Waals surface area contributed by atoms with Crippen LogP contribution in [0, 0.1) is 0 Å². The van der Waals surface area contributed by atoms with Crippen molar-refractivity contribution in [3.63, 3.8) is 0 Å². The molecule has 5 nitrogen and oxygen atoms in total. The maximum Gasteiger partial charge on any atom is 0.271 e. The fraction of sp³-hybridized carbons (Fsp3) is 0.583. The Morgan fingerprint density at radius 1 is 1.29 bits per heavy atom. The fourth-order valence-electron chi connectivity index (χ4n) is 2.12. The molecule has 2 atom stereocenters. The van der Waals surface area contributed by atoms with Crippen molar-refractivity contribution in [1.82, 2.24) is 15.3 Å². The van der Waals surface area contributed by atoms with Crippen LogP contribution in [0.5, 0.6) is 0 Å². The van der Waals surface area contributed by atoms with Gasteiger partial charge >= 0.3 is 0 Å². The first-order chi connectivity index (χ1) is 8.27. The number of amides is 1. The Morgan fingerprint density at radius 2 is 2.12 bits per heavy atom. The van der Waals surface area contributed by atoms with Gasteiger partial charge in [0.05, 0.1) is 18.3 Å². The molecule has 1 fully saturated rings. The van der Waals surface area contributed by atoms with E-state index in [1.165, 1.54) is 18.6 Å². The Kier molecular flexibility index (Phi) is 4.03. The maximum atomic E-state index is 11.8. The Balaban J connectivity index is 1.98. The second-order valence-electron chi connectivity index (χ2n) is 4.38. The van der Waals surface area contributed by atoms with E-state index >= 15 is 0 Å². The van der Waals surface area contributed by atoms with E-state index in [2.05, 4.69) is 15.3 Å². The van der Waals surface area contributed by atoms with Crippen LogP contribution in [0.1, 0.15) is 42.6 Å². The van der Waals surface area contributed by atoms with E-state index < -0.39 is 6.10 Å². The van der Waals surface area contributed by atoms with Crippen molar-refractivity contribution in [1.29, 1.82) is 0 Å². The Morgan fingerprint density at radius 3 is 2.88 bits per heavy atom. The van der Waals surface area contributed by atoms with Gasteiger partial charge in [0.1, 0.15) is 5.69 Å². The molecule has 0 spiro atoms. The normalized spacial score (nSPS) is 25.0. The lowest BCUT2D eigenvalue weighted by atomic mass is 10.1. The minimum Gasteiger partial charge on any atom is -0.391 e. The first-order valence-corrected chi connectivity index (χ1v) is 6.02. The van der Waals surface area contributed by atoms with E-state index in [1.807, 2.05) is 0 Å². The molecule has 1 heterocycles. The molecule has 17 heavy (non-hydrogen) atoms. The number of nitrogens with zero attached hydrogens (tertiary/aromatic N) is 2. The van der Waals surface area contributed by atoms with Gasteiger partial charge in [0.15, 0.2) is 0 Å². The van der Waals surface area contributed by atoms with Gasteiger partial charge in [-0.25, -0.2) is 4.98 Å². The largest absolute Gasteiger partial charge is 0.391 e. The highest BCUT2D eigenvalue weighted by molar-refractivity contribution is 5.92. The van der Waals surface area contributed by atoms with Crippen LogP contribution < -0.4 is 5.32 Å². The third-order valence-electron chi connectivity index (χ3n) is 3.09. The van der Waals surface area contributed by atoms with E-state index in [0.717, 1.165) is 32.1 Å². The quantitative estimate of drug-likeness (QED) is 0.747. The van der Waals surface area contributed by atoms with Crippen molar-refractivity contribution < 1.29 is 9.90 Å². The van der Waals surface area contributed by atoms with Crippen LogP contribution in [0.2, 0.25) is 0 Å². The van der Waals surface area contributed by atoms with Crippen molar-refractivity contribution >= 4 is 5.91 Å². The summed E-state index contributed by atoms with van der Waals surface area (Å²) in [5.41, 5.74) is 0.295. The molecule has 1 aliphatic carbocycles. The van der Waals surface area contributed by atoms with Crippen molar-refractivity contribution in [2.45, 2.75) is 44.2 Å². The third-order valence-corrected chi connectivity index (χ3v) is 3.09. The molecule has 1 aromatic rings. The highest BCUT2D eigenvalue weighted by atomic mass is 16.3. The highest BCUT2D eigenvalue weighted by Crippen LogP contribution is 2.18. The first kappa shape index (κ1) is 12.0. The summed E-state index contributed by atoms with van der Waals surface area (Å²) in [6.07, 6.45) is 8.76. The van der Waals surface area contributed by atoms with Gasteiger partial charge in [-0.05, 0) is 12.8 Å². The van der Waals surface area contributed by atoms with Crippen molar-refractivity contribution in [3.8, 4) is 0 Å². The Bertz CT molecular complexity index is 369. The van der Waals surface area contributed by atoms with Crippen molar-refractivity contribution in [3.05, 3.63) is 24.3 Å². The van der Waals surface area contributed by atoms with Gasteiger partial charge in [-0.3, -0.25) is 9.78 Å². The molecule has 2 rings (SSSR count). The van der Waals surface area contributed by atoms with E-state index in [1.54, 1.807) is 0 Å². The van der Waals surface area contributed by atoms with Crippen LogP contribution in [0.4, 0.5) is 0 Å². The van der Waals surface area contributed by atoms with Gasteiger partial charge in [0, 0.05) is 12.4 Å². The summed E-state index contributed by atoms with van der Waals surface area (Å²) >= 11 is 0. The second kappa shape index (κ2) is 5.72. The molecule has 5 heteroatoms. The molecule has 92 valence electrons. The average Bonchev–Trinajstić information content (AvgIpc) is 2.56. The summed E-state index contributed by atoms with van der Waals surface area (Å²) in [7, 11) is 0. The lowest BCUT2D eigenvalue weighted by Gasteiger charge is -2.21. The van der Waals surface area contributed by atoms with E-state index in [9.17, 15) is 9.90 Å². The lowest BCUT2D eigenvalue weighted by molar-refractivity contribution is 0.0814. The van der Waals surface area contributed by atoms with Crippen LogP contribution in [0.3, 0.4) is 0 Å². The SMILES string of the molecule is O=C(NC1CCCCCC1O)c1cnccn1. The molecule has 2 N–H and O–H groups in total. The summed E-state index contributed by atoms with van der Waals surface area (Å²) in [5.74, 6) is -0.260. The zero-order chi connectivity index (χ0) is 12.1. The van der Waals surface area contributed by atoms with Crippen LogP contribution in [-0.4, -0.2) is 33.1 Å². The minimum atomic E-state index is -0.446. The van der Waals surface area contributed by atoms with Crippen molar-refractivity contribution in [2.75, 3.05) is 0 Å². The number of hydrogen-bond donors (Lipinski definition) is 2. The minimum absolute atomic E-state index is 0.160. The van der Waals surface area contributed by atoms with Gasteiger partial charge in [-0.15, -0.1) is 0 Å². The molecule has 1 amide bonds. The van der Waals surface area contributed by atoms with Crippen LogP contribution in [0.25, 0.3) is 0 Å². The third kappa shape index (κ3) is 3.23. The number of carbonyl (C=O) groups excluding carboxylic acids is 1. The summed E-state index contributed by atoms with van der Waals surface area (Å²) in [6, 6.07) is -0.160. The number of hydrogen-bond acceptors (Lipinski definition) is 4. The number of nitrogens with one attached hydrogen (secondary N) is 1. The predicted molar refractivity (Wildman–Crippen MR) is 62.4 cm³/mol. The zero-order valence-corrected chi connectivity index (χ0v) is 9.67. The maximum absolute atomic E-state index is 11.8. The molecule has 0 saturated heterocycles. The second-order valence-corrected chi connectivity index (χ2v) is 4.38. The summed E-state index contributed by atoms with van der Waals surface area (Å²) < 4.78 is 0. The van der Waals surface area contributed by atoms with E-state index in [-0.39, 0.29) is 11.9 Å². The first-order valence-electron chi connectivity index (χ1n) is 6.02. The van der Waals surface area contributed by atoms with Crippen LogP contribution in [-0.2, 0) is 0 Å². The number of aliphatic hydroxyl groups is 1. The molecule has 1 aromatic heterocycles. The molecule has 0 aliphatic heterocycles. The number of aromatic nitrogens is 2. The predicted octanol–water partition coefficient (Wildman–Crippen LogP) is 0.900. The van der Waals surface area contributed by atoms with E-state index in [4.69, 9.17) is 0 Å². The molecule has 0 radical (unpaired) electrons.